The van der Waals surface area contributed by atoms with Gasteiger partial charge in [0.2, 0.25) is 0 Å². The van der Waals surface area contributed by atoms with Crippen LogP contribution < -0.4 is 5.32 Å². The summed E-state index contributed by atoms with van der Waals surface area (Å²) in [4.78, 5) is 35.1. The molecule has 108 valence electrons. The second-order valence-corrected chi connectivity index (χ2v) is 4.66. The highest BCUT2D eigenvalue weighted by Gasteiger charge is 2.29. The number of nitrogens with one attached hydrogen (secondary N) is 1. The number of carbonyl (C=O) groups is 3. The molecule has 0 aliphatic heterocycles. The summed E-state index contributed by atoms with van der Waals surface area (Å²) >= 11 is 0. The minimum absolute atomic E-state index is 0.129. The maximum Gasteiger partial charge on any atom is 0.326 e. The highest BCUT2D eigenvalue weighted by Crippen LogP contribution is 2.23. The number of urea groups is 1. The predicted molar refractivity (Wildman–Crippen MR) is 66.8 cm³/mol. The molecule has 0 radical (unpaired) electrons. The number of carbonyl (C=O) groups excluding carboxylic acids is 1. The summed E-state index contributed by atoms with van der Waals surface area (Å²) in [6.07, 6.45) is 3.33. The van der Waals surface area contributed by atoms with Crippen molar-refractivity contribution in [3.05, 3.63) is 0 Å². The number of hydrogen-bond acceptors (Lipinski definition) is 3. The minimum Gasteiger partial charge on any atom is -0.481 e. The fourth-order valence-corrected chi connectivity index (χ4v) is 2.39. The summed E-state index contributed by atoms with van der Waals surface area (Å²) < 4.78 is 0. The lowest BCUT2D eigenvalue weighted by molar-refractivity contribution is -0.145. The highest BCUT2D eigenvalue weighted by atomic mass is 16.4. The minimum atomic E-state index is -1.39. The number of carboxylic acids is 2. The molecule has 2 amide bonds. The summed E-state index contributed by atoms with van der Waals surface area (Å²) in [6, 6.07) is -1.76. The van der Waals surface area contributed by atoms with E-state index in [1.165, 1.54) is 0 Å². The summed E-state index contributed by atoms with van der Waals surface area (Å²) in [6.45, 7) is 2.31. The van der Waals surface area contributed by atoms with Gasteiger partial charge in [-0.05, 0) is 19.8 Å². The van der Waals surface area contributed by atoms with Crippen molar-refractivity contribution in [2.24, 2.45) is 0 Å². The van der Waals surface area contributed by atoms with E-state index in [2.05, 4.69) is 5.32 Å². The molecule has 1 aliphatic rings. The number of rotatable bonds is 6. The van der Waals surface area contributed by atoms with Crippen LogP contribution in [0.4, 0.5) is 4.79 Å². The maximum absolute atomic E-state index is 12.0. The molecule has 0 aromatic rings. The van der Waals surface area contributed by atoms with E-state index in [1.807, 2.05) is 6.92 Å². The Hall–Kier alpha value is -1.79. The molecule has 1 aliphatic carbocycles. The second kappa shape index (κ2) is 6.96. The van der Waals surface area contributed by atoms with Gasteiger partial charge < -0.3 is 20.4 Å². The van der Waals surface area contributed by atoms with E-state index in [9.17, 15) is 14.4 Å². The summed E-state index contributed by atoms with van der Waals surface area (Å²) in [5, 5.41) is 19.8. The van der Waals surface area contributed by atoms with E-state index in [1.54, 1.807) is 4.90 Å². The summed E-state index contributed by atoms with van der Waals surface area (Å²) in [7, 11) is 0. The van der Waals surface area contributed by atoms with Crippen LogP contribution in [0.15, 0.2) is 0 Å². The van der Waals surface area contributed by atoms with Gasteiger partial charge in [-0.3, -0.25) is 4.79 Å². The number of carboxylic acid groups (broad SMARTS) is 2. The van der Waals surface area contributed by atoms with E-state index in [4.69, 9.17) is 10.2 Å². The predicted octanol–water partition coefficient (Wildman–Crippen LogP) is 0.888. The first-order chi connectivity index (χ1) is 8.95. The first kappa shape index (κ1) is 15.3. The van der Waals surface area contributed by atoms with Crippen molar-refractivity contribution in [3.8, 4) is 0 Å². The first-order valence-corrected chi connectivity index (χ1v) is 6.47. The van der Waals surface area contributed by atoms with E-state index in [0.29, 0.717) is 6.54 Å². The maximum atomic E-state index is 12.0. The van der Waals surface area contributed by atoms with Gasteiger partial charge in [-0.25, -0.2) is 9.59 Å². The molecule has 1 atom stereocenters. The molecular weight excluding hydrogens is 252 g/mol. The molecule has 0 aromatic heterocycles. The van der Waals surface area contributed by atoms with Crippen LogP contribution in [0.1, 0.15) is 39.0 Å². The molecule has 1 fully saturated rings. The third-order valence-electron chi connectivity index (χ3n) is 3.34. The average Bonchev–Trinajstić information content (AvgIpc) is 2.82. The van der Waals surface area contributed by atoms with Gasteiger partial charge in [-0.15, -0.1) is 0 Å². The molecule has 0 heterocycles. The smallest absolute Gasteiger partial charge is 0.326 e. The molecule has 0 bridgehead atoms. The van der Waals surface area contributed by atoms with Gasteiger partial charge in [-0.1, -0.05) is 12.8 Å². The lowest BCUT2D eigenvalue weighted by atomic mass is 10.2. The van der Waals surface area contributed by atoms with Crippen molar-refractivity contribution < 1.29 is 24.6 Å². The van der Waals surface area contributed by atoms with E-state index in [0.717, 1.165) is 25.7 Å². The Labute approximate surface area is 111 Å². The van der Waals surface area contributed by atoms with E-state index < -0.39 is 30.4 Å². The zero-order chi connectivity index (χ0) is 14.4. The zero-order valence-corrected chi connectivity index (χ0v) is 11.0. The van der Waals surface area contributed by atoms with E-state index in [-0.39, 0.29) is 6.04 Å². The van der Waals surface area contributed by atoms with Gasteiger partial charge in [-0.2, -0.15) is 0 Å². The molecule has 19 heavy (non-hydrogen) atoms. The van der Waals surface area contributed by atoms with Crippen molar-refractivity contribution >= 4 is 18.0 Å². The van der Waals surface area contributed by atoms with Crippen LogP contribution in [0.2, 0.25) is 0 Å². The Morgan fingerprint density at radius 3 is 2.26 bits per heavy atom. The molecule has 7 heteroatoms. The fraction of sp³-hybridized carbons (Fsp3) is 0.750. The van der Waals surface area contributed by atoms with Gasteiger partial charge in [0.25, 0.3) is 0 Å². The van der Waals surface area contributed by atoms with E-state index >= 15 is 0 Å². The Balaban J connectivity index is 2.63. The zero-order valence-electron chi connectivity index (χ0n) is 11.0. The quantitative estimate of drug-likeness (QED) is 0.665. The van der Waals surface area contributed by atoms with Crippen LogP contribution in [0.25, 0.3) is 0 Å². The lowest BCUT2D eigenvalue weighted by Crippen LogP contribution is -2.51. The highest BCUT2D eigenvalue weighted by molar-refractivity contribution is 5.86. The van der Waals surface area contributed by atoms with Crippen molar-refractivity contribution in [3.63, 3.8) is 0 Å². The summed E-state index contributed by atoms with van der Waals surface area (Å²) in [5.74, 6) is -2.59. The van der Waals surface area contributed by atoms with Crippen molar-refractivity contribution in [1.82, 2.24) is 10.2 Å². The molecule has 3 N–H and O–H groups in total. The number of amides is 2. The van der Waals surface area contributed by atoms with Crippen LogP contribution in [0, 0.1) is 0 Å². The summed E-state index contributed by atoms with van der Waals surface area (Å²) in [5.41, 5.74) is 0. The average molecular weight is 272 g/mol. The van der Waals surface area contributed by atoms with Gasteiger partial charge in [0.15, 0.2) is 0 Å². The Morgan fingerprint density at radius 1 is 1.26 bits per heavy atom. The van der Waals surface area contributed by atoms with Gasteiger partial charge in [0.1, 0.15) is 6.04 Å². The molecule has 1 saturated carbocycles. The van der Waals surface area contributed by atoms with Crippen molar-refractivity contribution in [2.75, 3.05) is 6.54 Å². The van der Waals surface area contributed by atoms with Gasteiger partial charge >= 0.3 is 18.0 Å². The largest absolute Gasteiger partial charge is 0.481 e. The molecule has 0 spiro atoms. The van der Waals surface area contributed by atoms with Gasteiger partial charge in [0, 0.05) is 12.6 Å². The Kier molecular flexibility index (Phi) is 5.59. The number of hydrogen-bond donors (Lipinski definition) is 3. The third-order valence-corrected chi connectivity index (χ3v) is 3.34. The molecule has 7 nitrogen and oxygen atoms in total. The monoisotopic (exact) mass is 272 g/mol. The fourth-order valence-electron chi connectivity index (χ4n) is 2.39. The second-order valence-electron chi connectivity index (χ2n) is 4.66. The lowest BCUT2D eigenvalue weighted by Gasteiger charge is -2.29. The van der Waals surface area contributed by atoms with Crippen LogP contribution in [0.5, 0.6) is 0 Å². The normalized spacial score (nSPS) is 16.9. The Bertz CT molecular complexity index is 352. The topological polar surface area (TPSA) is 107 Å². The van der Waals surface area contributed by atoms with Gasteiger partial charge in [0.05, 0.1) is 6.42 Å². The number of aliphatic carboxylic acids is 2. The molecule has 0 aromatic carbocycles. The number of nitrogens with zero attached hydrogens (tertiary/aromatic N) is 1. The van der Waals surface area contributed by atoms with Crippen LogP contribution in [0.3, 0.4) is 0 Å². The third kappa shape index (κ3) is 4.42. The van der Waals surface area contributed by atoms with Crippen molar-refractivity contribution in [1.29, 1.82) is 0 Å². The van der Waals surface area contributed by atoms with Crippen LogP contribution >= 0.6 is 0 Å². The SMILES string of the molecule is CCN(C(=O)NC(CC(=O)O)C(=O)O)C1CCCC1. The molecule has 1 rings (SSSR count). The molecule has 1 unspecified atom stereocenters. The first-order valence-electron chi connectivity index (χ1n) is 6.47. The standard InChI is InChI=1S/C12H20N2O5/c1-2-14(8-5-3-4-6-8)12(19)13-9(11(17)18)7-10(15)16/h8-9H,2-7H2,1H3,(H,13,19)(H,15,16)(H,17,18). The van der Waals surface area contributed by atoms with Crippen LogP contribution in [-0.2, 0) is 9.59 Å². The molecule has 0 saturated heterocycles. The van der Waals surface area contributed by atoms with Crippen molar-refractivity contribution in [2.45, 2.75) is 51.1 Å². The Morgan fingerprint density at radius 2 is 1.84 bits per heavy atom. The molecular formula is C12H20N2O5. The van der Waals surface area contributed by atoms with Crippen LogP contribution in [-0.4, -0.2) is 51.7 Å².